The van der Waals surface area contributed by atoms with Gasteiger partial charge >= 0.3 is 0 Å². The first-order valence-corrected chi connectivity index (χ1v) is 5.13. The van der Waals surface area contributed by atoms with Gasteiger partial charge in [0.2, 0.25) is 0 Å². The fourth-order valence-corrected chi connectivity index (χ4v) is 1.86. The van der Waals surface area contributed by atoms with Gasteiger partial charge in [-0.25, -0.2) is 0 Å². The highest BCUT2D eigenvalue weighted by Crippen LogP contribution is 2.28. The monoisotopic (exact) mass is 200 g/mol. The second-order valence-electron chi connectivity index (χ2n) is 3.25. The van der Waals surface area contributed by atoms with Crippen molar-refractivity contribution in [1.82, 2.24) is 0 Å². The third kappa shape index (κ3) is 1.55. The van der Waals surface area contributed by atoms with Gasteiger partial charge < -0.3 is 0 Å². The Bertz CT molecular complexity index is 454. The lowest BCUT2D eigenvalue weighted by atomic mass is 10.0. The minimum absolute atomic E-state index is 0.112. The van der Waals surface area contributed by atoms with Gasteiger partial charge in [0.25, 0.3) is 0 Å². The van der Waals surface area contributed by atoms with Crippen LogP contribution in [0.1, 0.15) is 10.8 Å². The first-order chi connectivity index (χ1) is 6.83. The number of rotatable bonds is 2. The smallest absolute Gasteiger partial charge is 0.0450 e. The van der Waals surface area contributed by atoms with Crippen LogP contribution in [0.5, 0.6) is 0 Å². The molecule has 70 valence electrons. The van der Waals surface area contributed by atoms with Crippen LogP contribution in [-0.4, -0.2) is 0 Å². The molecule has 0 amide bonds. The summed E-state index contributed by atoms with van der Waals surface area (Å²) in [7, 11) is 0. The van der Waals surface area contributed by atoms with Crippen LogP contribution in [0.3, 0.4) is 0 Å². The maximum Gasteiger partial charge on any atom is 0.0450 e. The van der Waals surface area contributed by atoms with Crippen molar-refractivity contribution in [2.24, 2.45) is 0 Å². The summed E-state index contributed by atoms with van der Waals surface area (Å²) < 4.78 is 0. The van der Waals surface area contributed by atoms with E-state index in [4.69, 9.17) is 0 Å². The Morgan fingerprint density at radius 3 is 2.57 bits per heavy atom. The van der Waals surface area contributed by atoms with E-state index in [2.05, 4.69) is 55.6 Å². The Kier molecular flexibility index (Phi) is 2.60. The van der Waals surface area contributed by atoms with Crippen LogP contribution in [0.15, 0.2) is 55.1 Å². The highest BCUT2D eigenvalue weighted by molar-refractivity contribution is 7.80. The van der Waals surface area contributed by atoms with E-state index in [-0.39, 0.29) is 5.25 Å². The number of thiol groups is 1. The van der Waals surface area contributed by atoms with E-state index in [9.17, 15) is 0 Å². The van der Waals surface area contributed by atoms with Crippen LogP contribution in [0.25, 0.3) is 10.8 Å². The standard InChI is InChI=1S/C13H12S/c1-2-13(14)12-9-5-7-10-6-3-4-8-11(10)12/h2-9,13-14H,1H2. The molecule has 0 heterocycles. The molecule has 2 aromatic carbocycles. The van der Waals surface area contributed by atoms with Gasteiger partial charge in [-0.3, -0.25) is 0 Å². The molecule has 1 unspecified atom stereocenters. The summed E-state index contributed by atoms with van der Waals surface area (Å²) in [6, 6.07) is 14.6. The molecule has 2 rings (SSSR count). The van der Waals surface area contributed by atoms with Crippen molar-refractivity contribution in [2.45, 2.75) is 5.25 Å². The Labute approximate surface area is 89.7 Å². The lowest BCUT2D eigenvalue weighted by molar-refractivity contribution is 1.28. The second kappa shape index (κ2) is 3.89. The molecule has 0 fully saturated rings. The van der Waals surface area contributed by atoms with E-state index in [0.29, 0.717) is 0 Å². The summed E-state index contributed by atoms with van der Waals surface area (Å²) >= 11 is 4.48. The number of hydrogen-bond acceptors (Lipinski definition) is 1. The maximum absolute atomic E-state index is 4.48. The van der Waals surface area contributed by atoms with E-state index in [1.54, 1.807) is 0 Å². The van der Waals surface area contributed by atoms with Crippen molar-refractivity contribution in [2.75, 3.05) is 0 Å². The molecule has 0 aliphatic heterocycles. The molecule has 0 saturated heterocycles. The molecule has 14 heavy (non-hydrogen) atoms. The number of benzene rings is 2. The van der Waals surface area contributed by atoms with Gasteiger partial charge in [0.05, 0.1) is 0 Å². The van der Waals surface area contributed by atoms with Gasteiger partial charge in [0.15, 0.2) is 0 Å². The summed E-state index contributed by atoms with van der Waals surface area (Å²) in [6.07, 6.45) is 1.85. The Hall–Kier alpha value is -1.21. The van der Waals surface area contributed by atoms with E-state index in [1.165, 1.54) is 16.3 Å². The van der Waals surface area contributed by atoms with Gasteiger partial charge in [-0.15, -0.1) is 6.58 Å². The average molecular weight is 200 g/mol. The summed E-state index contributed by atoms with van der Waals surface area (Å²) in [5.41, 5.74) is 1.22. The quantitative estimate of drug-likeness (QED) is 0.550. The molecule has 0 radical (unpaired) electrons. The third-order valence-corrected chi connectivity index (χ3v) is 2.85. The van der Waals surface area contributed by atoms with Crippen molar-refractivity contribution < 1.29 is 0 Å². The van der Waals surface area contributed by atoms with Crippen molar-refractivity contribution >= 4 is 23.4 Å². The maximum atomic E-state index is 4.48. The highest BCUT2D eigenvalue weighted by Gasteiger charge is 2.05. The minimum atomic E-state index is 0.112. The Morgan fingerprint density at radius 2 is 1.79 bits per heavy atom. The summed E-state index contributed by atoms with van der Waals surface area (Å²) in [5.74, 6) is 0. The molecule has 1 heteroatoms. The Balaban J connectivity index is 2.70. The fourth-order valence-electron chi connectivity index (χ4n) is 1.64. The van der Waals surface area contributed by atoms with Crippen molar-refractivity contribution in [3.05, 3.63) is 60.7 Å². The number of hydrogen-bond donors (Lipinski definition) is 1. The summed E-state index contributed by atoms with van der Waals surface area (Å²) in [5, 5.41) is 2.63. The molecule has 0 bridgehead atoms. The van der Waals surface area contributed by atoms with Crippen molar-refractivity contribution in [1.29, 1.82) is 0 Å². The zero-order valence-corrected chi connectivity index (χ0v) is 8.74. The fraction of sp³-hybridized carbons (Fsp3) is 0.0769. The molecule has 0 nitrogen and oxygen atoms in total. The molecule has 0 saturated carbocycles. The van der Waals surface area contributed by atoms with Gasteiger partial charge in [-0.05, 0) is 16.3 Å². The summed E-state index contributed by atoms with van der Waals surface area (Å²) in [6.45, 7) is 3.77. The van der Waals surface area contributed by atoms with E-state index < -0.39 is 0 Å². The molecule has 0 aliphatic carbocycles. The molecular formula is C13H12S. The zero-order chi connectivity index (χ0) is 9.97. The van der Waals surface area contributed by atoms with Crippen LogP contribution in [-0.2, 0) is 0 Å². The first kappa shape index (κ1) is 9.35. The predicted molar refractivity (Wildman–Crippen MR) is 65.9 cm³/mol. The molecule has 2 aromatic rings. The van der Waals surface area contributed by atoms with Crippen LogP contribution >= 0.6 is 12.6 Å². The van der Waals surface area contributed by atoms with Gasteiger partial charge in [0, 0.05) is 5.25 Å². The van der Waals surface area contributed by atoms with E-state index in [1.807, 2.05) is 12.1 Å². The molecular weight excluding hydrogens is 188 g/mol. The number of fused-ring (bicyclic) bond motifs is 1. The zero-order valence-electron chi connectivity index (χ0n) is 7.85. The van der Waals surface area contributed by atoms with Crippen molar-refractivity contribution in [3.8, 4) is 0 Å². The first-order valence-electron chi connectivity index (χ1n) is 4.61. The summed E-state index contributed by atoms with van der Waals surface area (Å²) in [4.78, 5) is 0. The lowest BCUT2D eigenvalue weighted by Crippen LogP contribution is -1.87. The molecule has 0 spiro atoms. The van der Waals surface area contributed by atoms with E-state index >= 15 is 0 Å². The molecule has 0 N–H and O–H groups in total. The Morgan fingerprint density at radius 1 is 1.07 bits per heavy atom. The second-order valence-corrected chi connectivity index (χ2v) is 3.81. The SMILES string of the molecule is C=CC(S)c1cccc2ccccc12. The minimum Gasteiger partial charge on any atom is -0.167 e. The normalized spacial score (nSPS) is 12.6. The molecule has 0 aromatic heterocycles. The topological polar surface area (TPSA) is 0 Å². The van der Waals surface area contributed by atoms with E-state index in [0.717, 1.165) is 0 Å². The largest absolute Gasteiger partial charge is 0.167 e. The molecule has 1 atom stereocenters. The van der Waals surface area contributed by atoms with Gasteiger partial charge in [0.1, 0.15) is 0 Å². The van der Waals surface area contributed by atoms with Crippen LogP contribution in [0.2, 0.25) is 0 Å². The predicted octanol–water partition coefficient (Wildman–Crippen LogP) is 4.00. The van der Waals surface area contributed by atoms with Gasteiger partial charge in [-0.1, -0.05) is 48.5 Å². The molecule has 0 aliphatic rings. The third-order valence-electron chi connectivity index (χ3n) is 2.37. The lowest BCUT2D eigenvalue weighted by Gasteiger charge is -2.09. The van der Waals surface area contributed by atoms with Crippen molar-refractivity contribution in [3.63, 3.8) is 0 Å². The highest BCUT2D eigenvalue weighted by atomic mass is 32.1. The van der Waals surface area contributed by atoms with Gasteiger partial charge in [-0.2, -0.15) is 12.6 Å². The van der Waals surface area contributed by atoms with Crippen LogP contribution in [0, 0.1) is 0 Å². The van der Waals surface area contributed by atoms with Crippen LogP contribution < -0.4 is 0 Å². The average Bonchev–Trinajstić information content (AvgIpc) is 2.27. The van der Waals surface area contributed by atoms with Crippen LogP contribution in [0.4, 0.5) is 0 Å².